The Morgan fingerprint density at radius 2 is 2.22 bits per heavy atom. The van der Waals surface area contributed by atoms with E-state index in [4.69, 9.17) is 16.1 Å². The highest BCUT2D eigenvalue weighted by Crippen LogP contribution is 2.30. The van der Waals surface area contributed by atoms with Crippen molar-refractivity contribution in [1.82, 2.24) is 15.5 Å². The molecule has 0 aliphatic carbocycles. The molecular formula is C16H14ClN3O2S. The first-order valence-electron chi connectivity index (χ1n) is 6.99. The van der Waals surface area contributed by atoms with Crippen molar-refractivity contribution in [2.75, 3.05) is 0 Å². The van der Waals surface area contributed by atoms with Gasteiger partial charge in [-0.05, 0) is 13.0 Å². The maximum atomic E-state index is 11.9. The first-order valence-corrected chi connectivity index (χ1v) is 8.19. The topological polar surface area (TPSA) is 68.0 Å². The third-order valence-electron chi connectivity index (χ3n) is 3.32. The summed E-state index contributed by atoms with van der Waals surface area (Å²) in [5.41, 5.74) is 2.43. The Morgan fingerprint density at radius 1 is 1.39 bits per heavy atom. The van der Waals surface area contributed by atoms with Gasteiger partial charge in [0.15, 0.2) is 0 Å². The third kappa shape index (κ3) is 3.78. The Balaban J connectivity index is 1.60. The minimum atomic E-state index is -0.0796. The Morgan fingerprint density at radius 3 is 2.96 bits per heavy atom. The second-order valence-corrected chi connectivity index (χ2v) is 6.51. The van der Waals surface area contributed by atoms with Gasteiger partial charge in [0.05, 0.1) is 23.7 Å². The van der Waals surface area contributed by atoms with Gasteiger partial charge in [-0.15, -0.1) is 11.3 Å². The Bertz CT molecular complexity index is 828. The van der Waals surface area contributed by atoms with Gasteiger partial charge in [0.2, 0.25) is 5.91 Å². The van der Waals surface area contributed by atoms with Crippen LogP contribution in [0.4, 0.5) is 0 Å². The summed E-state index contributed by atoms with van der Waals surface area (Å²) in [7, 11) is 0. The standard InChI is InChI=1S/C16H14ClN3O2S/c1-10-11(9-22-20-10)6-15(21)18-7-12-8-19-16(23-12)13-4-2-3-5-14(13)17/h2-5,8-9H,6-7H2,1H3,(H,18,21). The van der Waals surface area contributed by atoms with E-state index in [2.05, 4.69) is 15.5 Å². The van der Waals surface area contributed by atoms with Gasteiger partial charge in [0.1, 0.15) is 11.3 Å². The molecule has 2 heterocycles. The van der Waals surface area contributed by atoms with E-state index in [-0.39, 0.29) is 12.3 Å². The number of aromatic nitrogens is 2. The zero-order valence-corrected chi connectivity index (χ0v) is 13.9. The van der Waals surface area contributed by atoms with Crippen LogP contribution in [0.2, 0.25) is 5.02 Å². The number of nitrogens with one attached hydrogen (secondary N) is 1. The average Bonchev–Trinajstić information content (AvgIpc) is 3.16. The predicted molar refractivity (Wildman–Crippen MR) is 89.4 cm³/mol. The molecule has 0 radical (unpaired) electrons. The van der Waals surface area contributed by atoms with E-state index >= 15 is 0 Å². The molecule has 1 N–H and O–H groups in total. The summed E-state index contributed by atoms with van der Waals surface area (Å²) in [5.74, 6) is -0.0796. The van der Waals surface area contributed by atoms with Crippen LogP contribution < -0.4 is 5.32 Å². The van der Waals surface area contributed by atoms with Gasteiger partial charge in [-0.3, -0.25) is 4.79 Å². The van der Waals surface area contributed by atoms with Crippen LogP contribution in [-0.2, 0) is 17.8 Å². The monoisotopic (exact) mass is 347 g/mol. The molecule has 2 aromatic heterocycles. The van der Waals surface area contributed by atoms with Crippen molar-refractivity contribution in [3.05, 3.63) is 57.9 Å². The largest absolute Gasteiger partial charge is 0.364 e. The fraction of sp³-hybridized carbons (Fsp3) is 0.188. The highest BCUT2D eigenvalue weighted by atomic mass is 35.5. The normalized spacial score (nSPS) is 10.7. The maximum absolute atomic E-state index is 11.9. The van der Waals surface area contributed by atoms with E-state index in [1.54, 1.807) is 6.20 Å². The van der Waals surface area contributed by atoms with Crippen LogP contribution in [0, 0.1) is 6.92 Å². The zero-order chi connectivity index (χ0) is 16.2. The van der Waals surface area contributed by atoms with E-state index in [1.165, 1.54) is 17.6 Å². The molecule has 118 valence electrons. The molecule has 0 bridgehead atoms. The number of amides is 1. The van der Waals surface area contributed by atoms with Crippen molar-refractivity contribution < 1.29 is 9.32 Å². The summed E-state index contributed by atoms with van der Waals surface area (Å²) in [6.45, 7) is 2.25. The molecule has 0 saturated heterocycles. The molecule has 0 spiro atoms. The molecule has 23 heavy (non-hydrogen) atoms. The Labute approximate surface area is 142 Å². The van der Waals surface area contributed by atoms with Crippen LogP contribution in [0.3, 0.4) is 0 Å². The summed E-state index contributed by atoms with van der Waals surface area (Å²) in [5, 5.41) is 8.14. The van der Waals surface area contributed by atoms with E-state index < -0.39 is 0 Å². The second kappa shape index (κ2) is 6.93. The first-order chi connectivity index (χ1) is 11.1. The molecule has 0 aliphatic rings. The number of thiazole rings is 1. The van der Waals surface area contributed by atoms with Crippen molar-refractivity contribution in [3.63, 3.8) is 0 Å². The minimum Gasteiger partial charge on any atom is -0.364 e. The number of rotatable bonds is 5. The molecule has 5 nitrogen and oxygen atoms in total. The van der Waals surface area contributed by atoms with Crippen molar-refractivity contribution in [2.24, 2.45) is 0 Å². The lowest BCUT2D eigenvalue weighted by molar-refractivity contribution is -0.120. The lowest BCUT2D eigenvalue weighted by Crippen LogP contribution is -2.24. The average molecular weight is 348 g/mol. The fourth-order valence-electron chi connectivity index (χ4n) is 2.05. The number of aryl methyl sites for hydroxylation is 1. The van der Waals surface area contributed by atoms with Crippen LogP contribution in [0.1, 0.15) is 16.1 Å². The summed E-state index contributed by atoms with van der Waals surface area (Å²) < 4.78 is 4.82. The van der Waals surface area contributed by atoms with Gasteiger partial charge in [-0.2, -0.15) is 0 Å². The summed E-state index contributed by atoms with van der Waals surface area (Å²) in [6, 6.07) is 7.57. The van der Waals surface area contributed by atoms with Crippen LogP contribution in [-0.4, -0.2) is 16.0 Å². The molecule has 1 amide bonds. The summed E-state index contributed by atoms with van der Waals surface area (Å²) >= 11 is 7.68. The smallest absolute Gasteiger partial charge is 0.224 e. The number of carbonyl (C=O) groups excluding carboxylic acids is 1. The van der Waals surface area contributed by atoms with Gasteiger partial charge in [0, 0.05) is 22.2 Å². The highest BCUT2D eigenvalue weighted by molar-refractivity contribution is 7.15. The van der Waals surface area contributed by atoms with E-state index in [9.17, 15) is 4.79 Å². The van der Waals surface area contributed by atoms with Crippen molar-refractivity contribution >= 4 is 28.8 Å². The van der Waals surface area contributed by atoms with Crippen molar-refractivity contribution in [2.45, 2.75) is 19.9 Å². The lowest BCUT2D eigenvalue weighted by atomic mass is 10.2. The summed E-state index contributed by atoms with van der Waals surface area (Å²) in [4.78, 5) is 17.3. The molecule has 0 unspecified atom stereocenters. The molecule has 0 saturated carbocycles. The Kier molecular flexibility index (Phi) is 4.73. The molecule has 3 rings (SSSR count). The zero-order valence-electron chi connectivity index (χ0n) is 12.4. The number of carbonyl (C=O) groups is 1. The van der Waals surface area contributed by atoms with Gasteiger partial charge in [-0.1, -0.05) is 35.0 Å². The van der Waals surface area contributed by atoms with E-state index in [0.717, 1.165) is 26.7 Å². The van der Waals surface area contributed by atoms with Gasteiger partial charge < -0.3 is 9.84 Å². The molecule has 3 aromatic rings. The number of benzene rings is 1. The Hall–Kier alpha value is -2.18. The molecule has 0 fully saturated rings. The van der Waals surface area contributed by atoms with Crippen molar-refractivity contribution in [1.29, 1.82) is 0 Å². The highest BCUT2D eigenvalue weighted by Gasteiger charge is 2.11. The number of nitrogens with zero attached hydrogens (tertiary/aromatic N) is 2. The minimum absolute atomic E-state index is 0.0796. The SMILES string of the molecule is Cc1nocc1CC(=O)NCc1cnc(-c2ccccc2Cl)s1. The van der Waals surface area contributed by atoms with Gasteiger partial charge in [-0.25, -0.2) is 4.98 Å². The first kappa shape index (κ1) is 15.7. The van der Waals surface area contributed by atoms with E-state index in [0.29, 0.717) is 11.6 Å². The van der Waals surface area contributed by atoms with Crippen LogP contribution in [0.15, 0.2) is 41.2 Å². The van der Waals surface area contributed by atoms with Crippen LogP contribution in [0.25, 0.3) is 10.6 Å². The quantitative estimate of drug-likeness (QED) is 0.765. The van der Waals surface area contributed by atoms with Crippen molar-refractivity contribution in [3.8, 4) is 10.6 Å². The maximum Gasteiger partial charge on any atom is 0.224 e. The fourth-order valence-corrected chi connectivity index (χ4v) is 3.22. The van der Waals surface area contributed by atoms with Crippen LogP contribution >= 0.6 is 22.9 Å². The molecule has 0 atom stereocenters. The number of halogens is 1. The van der Waals surface area contributed by atoms with Gasteiger partial charge in [0.25, 0.3) is 0 Å². The second-order valence-electron chi connectivity index (χ2n) is 4.99. The lowest BCUT2D eigenvalue weighted by Gasteiger charge is -2.02. The van der Waals surface area contributed by atoms with Gasteiger partial charge >= 0.3 is 0 Å². The molecule has 0 aliphatic heterocycles. The third-order valence-corrected chi connectivity index (χ3v) is 4.68. The number of hydrogen-bond acceptors (Lipinski definition) is 5. The molecule has 1 aromatic carbocycles. The summed E-state index contributed by atoms with van der Waals surface area (Å²) in [6.07, 6.45) is 3.51. The van der Waals surface area contributed by atoms with Crippen LogP contribution in [0.5, 0.6) is 0 Å². The van der Waals surface area contributed by atoms with E-state index in [1.807, 2.05) is 31.2 Å². The number of hydrogen-bond donors (Lipinski definition) is 1. The predicted octanol–water partition coefficient (Wildman–Crippen LogP) is 3.62. The molecular weight excluding hydrogens is 334 g/mol. The molecule has 7 heteroatoms.